The van der Waals surface area contributed by atoms with E-state index in [2.05, 4.69) is 15.4 Å². The third-order valence-corrected chi connectivity index (χ3v) is 2.33. The zero-order chi connectivity index (χ0) is 13.1. The first kappa shape index (κ1) is 12.4. The molecule has 0 saturated carbocycles. The topological polar surface area (TPSA) is 79.5 Å². The van der Waals surface area contributed by atoms with E-state index in [0.717, 1.165) is 0 Å². The molecule has 0 fully saturated rings. The van der Waals surface area contributed by atoms with Crippen molar-refractivity contribution in [2.75, 3.05) is 6.54 Å². The Bertz CT molecular complexity index is 558. The summed E-state index contributed by atoms with van der Waals surface area (Å²) < 4.78 is 25.5. The Morgan fingerprint density at radius 3 is 3.00 bits per heavy atom. The summed E-state index contributed by atoms with van der Waals surface area (Å²) in [6, 6.07) is 0. The number of nitrogens with one attached hydrogen (secondary N) is 1. The molecule has 8 heteroatoms. The Labute approximate surface area is 100 Å². The lowest BCUT2D eigenvalue weighted by atomic mass is 10.2. The molecular formula is C10H10F2N4O2. The number of nitrogens with zero attached hydrogens (tertiary/aromatic N) is 3. The molecule has 1 amide bonds. The third-order valence-electron chi connectivity index (χ3n) is 2.33. The maximum atomic E-state index is 12.0. The highest BCUT2D eigenvalue weighted by atomic mass is 19.3. The van der Waals surface area contributed by atoms with E-state index in [-0.39, 0.29) is 5.56 Å². The summed E-state index contributed by atoms with van der Waals surface area (Å²) in [6.07, 6.45) is 1.03. The summed E-state index contributed by atoms with van der Waals surface area (Å²) in [6.45, 7) is -0.520. The standard InChI is InChI=1S/C10H10F2N4O2/c11-9(12)8(17)5-14-10(18)6-3-15-16-2-1-13-4-7(6)16/h1-4,8-9,17H,5H2,(H,14,18). The average molecular weight is 256 g/mol. The normalized spacial score (nSPS) is 12.9. The van der Waals surface area contributed by atoms with Crippen LogP contribution in [0, 0.1) is 0 Å². The quantitative estimate of drug-likeness (QED) is 0.812. The zero-order valence-corrected chi connectivity index (χ0v) is 9.12. The molecule has 2 heterocycles. The van der Waals surface area contributed by atoms with Crippen LogP contribution in [0.5, 0.6) is 0 Å². The van der Waals surface area contributed by atoms with Crippen LogP contribution < -0.4 is 5.32 Å². The fourth-order valence-corrected chi connectivity index (χ4v) is 1.39. The molecule has 0 radical (unpaired) electrons. The molecule has 96 valence electrons. The number of carbonyl (C=O) groups excluding carboxylic acids is 1. The number of aromatic nitrogens is 3. The molecule has 0 aliphatic heterocycles. The molecule has 2 rings (SSSR count). The summed E-state index contributed by atoms with van der Waals surface area (Å²) in [5.41, 5.74) is 0.672. The molecule has 2 aromatic heterocycles. The van der Waals surface area contributed by atoms with Gasteiger partial charge in [0, 0.05) is 18.9 Å². The number of rotatable bonds is 4. The second-order valence-corrected chi connectivity index (χ2v) is 3.58. The smallest absolute Gasteiger partial charge is 0.265 e. The van der Waals surface area contributed by atoms with Gasteiger partial charge in [-0.25, -0.2) is 13.3 Å². The second kappa shape index (κ2) is 5.05. The number of hydrogen-bond donors (Lipinski definition) is 2. The van der Waals surface area contributed by atoms with Crippen LogP contribution in [0.2, 0.25) is 0 Å². The van der Waals surface area contributed by atoms with Crippen LogP contribution in [0.1, 0.15) is 10.4 Å². The lowest BCUT2D eigenvalue weighted by Crippen LogP contribution is -2.35. The van der Waals surface area contributed by atoms with Crippen LogP contribution in [0.4, 0.5) is 8.78 Å². The van der Waals surface area contributed by atoms with Crippen molar-refractivity contribution in [1.82, 2.24) is 19.9 Å². The van der Waals surface area contributed by atoms with E-state index in [0.29, 0.717) is 5.52 Å². The third kappa shape index (κ3) is 2.43. The fraction of sp³-hybridized carbons (Fsp3) is 0.300. The SMILES string of the molecule is O=C(NCC(O)C(F)F)c1cnn2ccncc12. The number of aliphatic hydroxyl groups is 1. The van der Waals surface area contributed by atoms with Gasteiger partial charge in [0.1, 0.15) is 6.10 Å². The van der Waals surface area contributed by atoms with Crippen molar-refractivity contribution in [2.45, 2.75) is 12.5 Å². The van der Waals surface area contributed by atoms with Crippen LogP contribution in [0.3, 0.4) is 0 Å². The van der Waals surface area contributed by atoms with Crippen molar-refractivity contribution in [3.05, 3.63) is 30.4 Å². The Hall–Kier alpha value is -2.09. The molecule has 0 aliphatic carbocycles. The summed E-state index contributed by atoms with van der Waals surface area (Å²) in [5.74, 6) is -0.585. The highest BCUT2D eigenvalue weighted by Gasteiger charge is 2.19. The lowest BCUT2D eigenvalue weighted by molar-refractivity contribution is -0.00269. The molecule has 0 saturated heterocycles. The highest BCUT2D eigenvalue weighted by molar-refractivity contribution is 6.00. The predicted molar refractivity (Wildman–Crippen MR) is 57.3 cm³/mol. The van der Waals surface area contributed by atoms with E-state index in [4.69, 9.17) is 5.11 Å². The van der Waals surface area contributed by atoms with Gasteiger partial charge in [-0.3, -0.25) is 9.78 Å². The summed E-state index contributed by atoms with van der Waals surface area (Å²) in [7, 11) is 0. The maximum Gasteiger partial charge on any atom is 0.265 e. The number of carbonyl (C=O) groups is 1. The van der Waals surface area contributed by atoms with Crippen molar-refractivity contribution < 1.29 is 18.7 Å². The van der Waals surface area contributed by atoms with Crippen molar-refractivity contribution in [3.63, 3.8) is 0 Å². The summed E-state index contributed by atoms with van der Waals surface area (Å²) >= 11 is 0. The van der Waals surface area contributed by atoms with Crippen LogP contribution >= 0.6 is 0 Å². The molecule has 2 aromatic rings. The predicted octanol–water partition coefficient (Wildman–Crippen LogP) is 0.0851. The van der Waals surface area contributed by atoms with Crippen molar-refractivity contribution in [3.8, 4) is 0 Å². The van der Waals surface area contributed by atoms with Crippen LogP contribution in [0.25, 0.3) is 5.52 Å². The van der Waals surface area contributed by atoms with E-state index in [1.165, 1.54) is 23.1 Å². The maximum absolute atomic E-state index is 12.0. The van der Waals surface area contributed by atoms with Gasteiger partial charge < -0.3 is 10.4 Å². The van der Waals surface area contributed by atoms with Crippen LogP contribution in [-0.4, -0.2) is 44.7 Å². The molecule has 0 aromatic carbocycles. The van der Waals surface area contributed by atoms with Gasteiger partial charge in [-0.2, -0.15) is 5.10 Å². The lowest BCUT2D eigenvalue weighted by Gasteiger charge is -2.09. The van der Waals surface area contributed by atoms with Gasteiger partial charge >= 0.3 is 0 Å². The van der Waals surface area contributed by atoms with Gasteiger partial charge in [0.2, 0.25) is 0 Å². The summed E-state index contributed by atoms with van der Waals surface area (Å²) in [5, 5.41) is 15.0. The van der Waals surface area contributed by atoms with Gasteiger partial charge in [0.15, 0.2) is 0 Å². The van der Waals surface area contributed by atoms with Gasteiger partial charge in [-0.05, 0) is 0 Å². The molecule has 1 unspecified atom stereocenters. The molecule has 0 spiro atoms. The number of aliphatic hydroxyl groups excluding tert-OH is 1. The van der Waals surface area contributed by atoms with Crippen molar-refractivity contribution in [1.29, 1.82) is 0 Å². The van der Waals surface area contributed by atoms with Gasteiger partial charge in [-0.15, -0.1) is 0 Å². The molecular weight excluding hydrogens is 246 g/mol. The van der Waals surface area contributed by atoms with E-state index in [1.807, 2.05) is 0 Å². The molecule has 2 N–H and O–H groups in total. The molecule has 18 heavy (non-hydrogen) atoms. The number of amides is 1. The largest absolute Gasteiger partial charge is 0.385 e. The van der Waals surface area contributed by atoms with Gasteiger partial charge in [0.25, 0.3) is 12.3 Å². The van der Waals surface area contributed by atoms with Crippen molar-refractivity contribution >= 4 is 11.4 Å². The van der Waals surface area contributed by atoms with E-state index in [9.17, 15) is 13.6 Å². The minimum atomic E-state index is -2.89. The minimum Gasteiger partial charge on any atom is -0.385 e. The second-order valence-electron chi connectivity index (χ2n) is 3.58. The zero-order valence-electron chi connectivity index (χ0n) is 9.12. The number of fused-ring (bicyclic) bond motifs is 1. The number of alkyl halides is 2. The van der Waals surface area contributed by atoms with Gasteiger partial charge in [0.05, 0.1) is 23.5 Å². The Kier molecular flexibility index (Phi) is 3.47. The highest BCUT2D eigenvalue weighted by Crippen LogP contribution is 2.08. The van der Waals surface area contributed by atoms with E-state index in [1.54, 1.807) is 6.20 Å². The molecule has 1 atom stereocenters. The van der Waals surface area contributed by atoms with Crippen LogP contribution in [0.15, 0.2) is 24.8 Å². The summed E-state index contributed by atoms with van der Waals surface area (Å²) in [4.78, 5) is 15.5. The minimum absolute atomic E-state index is 0.213. The molecule has 0 bridgehead atoms. The Morgan fingerprint density at radius 1 is 1.50 bits per heavy atom. The Balaban J connectivity index is 2.10. The first-order valence-corrected chi connectivity index (χ1v) is 5.11. The Morgan fingerprint density at radius 2 is 2.28 bits per heavy atom. The van der Waals surface area contributed by atoms with Crippen LogP contribution in [-0.2, 0) is 0 Å². The van der Waals surface area contributed by atoms with Gasteiger partial charge in [-0.1, -0.05) is 0 Å². The first-order valence-electron chi connectivity index (χ1n) is 5.11. The first-order chi connectivity index (χ1) is 8.59. The van der Waals surface area contributed by atoms with Crippen molar-refractivity contribution in [2.24, 2.45) is 0 Å². The fourth-order valence-electron chi connectivity index (χ4n) is 1.39. The average Bonchev–Trinajstić information content (AvgIpc) is 2.79. The number of hydrogen-bond acceptors (Lipinski definition) is 4. The monoisotopic (exact) mass is 256 g/mol. The molecule has 6 nitrogen and oxygen atoms in total. The van der Waals surface area contributed by atoms with E-state index >= 15 is 0 Å². The molecule has 0 aliphatic rings. The van der Waals surface area contributed by atoms with E-state index < -0.39 is 25.0 Å². The number of halogens is 2.